The molecule has 8 heteroatoms. The van der Waals surface area contributed by atoms with Crippen LogP contribution < -0.4 is 5.73 Å². The Morgan fingerprint density at radius 1 is 0.950 bits per heavy atom. The van der Waals surface area contributed by atoms with Crippen molar-refractivity contribution in [1.82, 2.24) is 0 Å². The highest BCUT2D eigenvalue weighted by Gasteiger charge is 2.36. The standard InChI is InChI=1S/C12H10F7N/c13-10(6-20)2-1-7-3-8(11(14,15)16)5-9(4-7)12(17,18)19/h2-5H,1,6,20H2/b10-2+. The zero-order valence-electron chi connectivity index (χ0n) is 9.95. The summed E-state index contributed by atoms with van der Waals surface area (Å²) in [4.78, 5) is 0. The fraction of sp³-hybridized carbons (Fsp3) is 0.333. The van der Waals surface area contributed by atoms with Crippen LogP contribution in [0.2, 0.25) is 0 Å². The molecular formula is C12H10F7N. The van der Waals surface area contributed by atoms with Crippen molar-refractivity contribution in [2.45, 2.75) is 18.8 Å². The molecule has 0 atom stereocenters. The first-order valence-electron chi connectivity index (χ1n) is 5.37. The van der Waals surface area contributed by atoms with E-state index >= 15 is 0 Å². The summed E-state index contributed by atoms with van der Waals surface area (Å²) in [5.41, 5.74) is 1.78. The van der Waals surface area contributed by atoms with E-state index in [1.165, 1.54) is 0 Å². The van der Waals surface area contributed by atoms with E-state index in [0.29, 0.717) is 12.1 Å². The molecule has 1 aromatic rings. The predicted molar refractivity (Wildman–Crippen MR) is 58.4 cm³/mol. The molecule has 0 aliphatic carbocycles. The summed E-state index contributed by atoms with van der Waals surface area (Å²) in [6, 6.07) is 1.12. The summed E-state index contributed by atoms with van der Waals surface area (Å²) in [6.07, 6.45) is -9.38. The molecule has 0 aliphatic heterocycles. The van der Waals surface area contributed by atoms with E-state index in [1.54, 1.807) is 0 Å². The van der Waals surface area contributed by atoms with Gasteiger partial charge in [0, 0.05) is 6.54 Å². The molecule has 0 spiro atoms. The Bertz CT molecular complexity index is 467. The lowest BCUT2D eigenvalue weighted by molar-refractivity contribution is -0.143. The molecule has 0 saturated heterocycles. The molecule has 0 saturated carbocycles. The summed E-state index contributed by atoms with van der Waals surface area (Å²) in [5.74, 6) is -0.809. The van der Waals surface area contributed by atoms with E-state index in [2.05, 4.69) is 0 Å². The first-order chi connectivity index (χ1) is 9.04. The molecule has 2 N–H and O–H groups in total. The van der Waals surface area contributed by atoms with E-state index in [1.807, 2.05) is 0 Å². The second kappa shape index (κ2) is 5.82. The van der Waals surface area contributed by atoms with Crippen LogP contribution >= 0.6 is 0 Å². The molecule has 0 aromatic heterocycles. The Labute approximate surface area is 109 Å². The SMILES string of the molecule is NC/C(F)=C\Cc1cc(C(F)(F)F)cc(C(F)(F)F)c1. The van der Waals surface area contributed by atoms with E-state index in [-0.39, 0.29) is 11.6 Å². The van der Waals surface area contributed by atoms with Crippen LogP contribution in [0.1, 0.15) is 16.7 Å². The van der Waals surface area contributed by atoms with Crippen molar-refractivity contribution in [3.05, 3.63) is 46.8 Å². The highest BCUT2D eigenvalue weighted by atomic mass is 19.4. The van der Waals surface area contributed by atoms with Crippen LogP contribution in [0.15, 0.2) is 30.1 Å². The third-order valence-electron chi connectivity index (χ3n) is 2.40. The highest BCUT2D eigenvalue weighted by Crippen LogP contribution is 2.36. The van der Waals surface area contributed by atoms with Crippen molar-refractivity contribution >= 4 is 0 Å². The summed E-state index contributed by atoms with van der Waals surface area (Å²) in [7, 11) is 0. The first kappa shape index (κ1) is 16.5. The third kappa shape index (κ3) is 4.52. The molecule has 0 aliphatic rings. The molecule has 0 fully saturated rings. The Kier molecular flexibility index (Phi) is 4.80. The topological polar surface area (TPSA) is 26.0 Å². The maximum Gasteiger partial charge on any atom is 0.416 e. The Balaban J connectivity index is 3.24. The van der Waals surface area contributed by atoms with Crippen LogP contribution in [-0.4, -0.2) is 6.54 Å². The number of hydrogen-bond donors (Lipinski definition) is 1. The summed E-state index contributed by atoms with van der Waals surface area (Å²) >= 11 is 0. The van der Waals surface area contributed by atoms with Gasteiger partial charge >= 0.3 is 12.4 Å². The Morgan fingerprint density at radius 3 is 1.75 bits per heavy atom. The molecule has 0 amide bonds. The van der Waals surface area contributed by atoms with Crippen molar-refractivity contribution in [2.24, 2.45) is 5.73 Å². The van der Waals surface area contributed by atoms with Crippen LogP contribution in [0, 0.1) is 0 Å². The average molecular weight is 301 g/mol. The van der Waals surface area contributed by atoms with Gasteiger partial charge < -0.3 is 5.73 Å². The van der Waals surface area contributed by atoms with E-state index in [9.17, 15) is 30.7 Å². The maximum absolute atomic E-state index is 12.8. The Hall–Kier alpha value is -1.57. The molecule has 0 unspecified atom stereocenters. The van der Waals surface area contributed by atoms with Crippen molar-refractivity contribution in [3.8, 4) is 0 Å². The lowest BCUT2D eigenvalue weighted by Gasteiger charge is -2.13. The minimum Gasteiger partial charge on any atom is -0.325 e. The van der Waals surface area contributed by atoms with Crippen LogP contribution in [0.5, 0.6) is 0 Å². The smallest absolute Gasteiger partial charge is 0.325 e. The van der Waals surface area contributed by atoms with Crippen molar-refractivity contribution in [3.63, 3.8) is 0 Å². The number of alkyl halides is 6. The molecule has 1 aromatic carbocycles. The van der Waals surface area contributed by atoms with Gasteiger partial charge in [-0.25, -0.2) is 4.39 Å². The number of halogens is 7. The molecule has 0 heterocycles. The van der Waals surface area contributed by atoms with Gasteiger partial charge in [-0.3, -0.25) is 0 Å². The zero-order valence-corrected chi connectivity index (χ0v) is 9.95. The van der Waals surface area contributed by atoms with Crippen LogP contribution in [0.25, 0.3) is 0 Å². The number of benzene rings is 1. The number of nitrogens with two attached hydrogens (primary N) is 1. The lowest BCUT2D eigenvalue weighted by atomic mass is 10.0. The number of allylic oxidation sites excluding steroid dienone is 1. The van der Waals surface area contributed by atoms with Crippen molar-refractivity contribution < 1.29 is 30.7 Å². The molecular weight excluding hydrogens is 291 g/mol. The molecule has 0 radical (unpaired) electrons. The number of rotatable bonds is 3. The van der Waals surface area contributed by atoms with Gasteiger partial charge in [0.15, 0.2) is 0 Å². The monoisotopic (exact) mass is 301 g/mol. The van der Waals surface area contributed by atoms with Crippen molar-refractivity contribution in [2.75, 3.05) is 6.54 Å². The van der Waals surface area contributed by atoms with Gasteiger partial charge in [-0.2, -0.15) is 26.3 Å². The zero-order chi connectivity index (χ0) is 15.6. The normalized spacial score (nSPS) is 13.7. The lowest BCUT2D eigenvalue weighted by Crippen LogP contribution is -2.11. The van der Waals surface area contributed by atoms with Gasteiger partial charge in [-0.15, -0.1) is 0 Å². The second-order valence-corrected chi connectivity index (χ2v) is 3.97. The highest BCUT2D eigenvalue weighted by molar-refractivity contribution is 5.34. The maximum atomic E-state index is 12.8. The first-order valence-corrected chi connectivity index (χ1v) is 5.37. The predicted octanol–water partition coefficient (Wildman–Crippen LogP) is 4.08. The summed E-state index contributed by atoms with van der Waals surface area (Å²) in [6.45, 7) is -0.467. The quantitative estimate of drug-likeness (QED) is 0.836. The van der Waals surface area contributed by atoms with Crippen LogP contribution in [-0.2, 0) is 18.8 Å². The van der Waals surface area contributed by atoms with E-state index in [4.69, 9.17) is 5.73 Å². The number of hydrogen-bond acceptors (Lipinski definition) is 1. The van der Waals surface area contributed by atoms with Gasteiger partial charge in [-0.05, 0) is 36.3 Å². The minimum atomic E-state index is -4.91. The largest absolute Gasteiger partial charge is 0.416 e. The molecule has 1 rings (SSSR count). The van der Waals surface area contributed by atoms with Gasteiger partial charge in [0.05, 0.1) is 11.1 Å². The Morgan fingerprint density at radius 2 is 1.40 bits per heavy atom. The summed E-state index contributed by atoms with van der Waals surface area (Å²) < 4.78 is 87.9. The van der Waals surface area contributed by atoms with E-state index in [0.717, 1.165) is 6.08 Å². The molecule has 112 valence electrons. The fourth-order valence-corrected chi connectivity index (χ4v) is 1.45. The second-order valence-electron chi connectivity index (χ2n) is 3.97. The van der Waals surface area contributed by atoms with Crippen LogP contribution in [0.4, 0.5) is 30.7 Å². The minimum absolute atomic E-state index is 0.0203. The van der Waals surface area contributed by atoms with Crippen molar-refractivity contribution in [1.29, 1.82) is 0 Å². The van der Waals surface area contributed by atoms with Gasteiger partial charge in [0.1, 0.15) is 5.83 Å². The third-order valence-corrected chi connectivity index (χ3v) is 2.40. The average Bonchev–Trinajstić information content (AvgIpc) is 2.33. The molecule has 20 heavy (non-hydrogen) atoms. The molecule has 0 bridgehead atoms. The van der Waals surface area contributed by atoms with Gasteiger partial charge in [-0.1, -0.05) is 0 Å². The van der Waals surface area contributed by atoms with Gasteiger partial charge in [0.2, 0.25) is 0 Å². The van der Waals surface area contributed by atoms with Crippen LogP contribution in [0.3, 0.4) is 0 Å². The fourth-order valence-electron chi connectivity index (χ4n) is 1.45. The van der Waals surface area contributed by atoms with E-state index < -0.39 is 42.3 Å². The van der Waals surface area contributed by atoms with Gasteiger partial charge in [0.25, 0.3) is 0 Å². The summed E-state index contributed by atoms with van der Waals surface area (Å²) in [5, 5.41) is 0. The molecule has 1 nitrogen and oxygen atoms in total.